The first-order valence-corrected chi connectivity index (χ1v) is 7.19. The molecule has 3 aromatic carbocycles. The fourth-order valence-electron chi connectivity index (χ4n) is 2.13. The van der Waals surface area contributed by atoms with Crippen molar-refractivity contribution in [2.24, 2.45) is 0 Å². The van der Waals surface area contributed by atoms with Crippen LogP contribution in [0.15, 0.2) is 78.9 Å². The molecule has 0 amide bonds. The van der Waals surface area contributed by atoms with Gasteiger partial charge < -0.3 is 10.1 Å². The Bertz CT molecular complexity index is 709. The van der Waals surface area contributed by atoms with E-state index in [0.29, 0.717) is 6.61 Å². The maximum absolute atomic E-state index is 12.9. The molecular formula is C20H18FNO. The van der Waals surface area contributed by atoms with Gasteiger partial charge in [-0.15, -0.1) is 0 Å². The van der Waals surface area contributed by atoms with Gasteiger partial charge in [0.1, 0.15) is 18.2 Å². The Kier molecular flexibility index (Phi) is 6.07. The Balaban J connectivity index is 0.000000924. The van der Waals surface area contributed by atoms with Crippen LogP contribution in [0.2, 0.25) is 0 Å². The molecule has 116 valence electrons. The van der Waals surface area contributed by atoms with E-state index < -0.39 is 0 Å². The van der Waals surface area contributed by atoms with Crippen molar-refractivity contribution in [3.8, 4) is 16.9 Å². The fourth-order valence-corrected chi connectivity index (χ4v) is 2.13. The molecule has 0 spiro atoms. The standard InChI is InChI=1S/C19H15FO.CH3N/c20-18-10-6-16(7-11-18)17-8-12-19(13-9-17)21-14-15-4-2-1-3-5-15;1-2/h1-13H,14H2;2H,1H2. The van der Waals surface area contributed by atoms with E-state index in [1.165, 1.54) is 12.1 Å². The van der Waals surface area contributed by atoms with Gasteiger partial charge in [0.2, 0.25) is 0 Å². The van der Waals surface area contributed by atoms with Crippen molar-refractivity contribution in [3.05, 3.63) is 90.2 Å². The summed E-state index contributed by atoms with van der Waals surface area (Å²) in [7, 11) is 0. The molecule has 0 saturated heterocycles. The Morgan fingerprint density at radius 2 is 1.26 bits per heavy atom. The fraction of sp³-hybridized carbons (Fsp3) is 0.0500. The third-order valence-electron chi connectivity index (χ3n) is 3.28. The van der Waals surface area contributed by atoms with E-state index in [0.717, 1.165) is 22.4 Å². The van der Waals surface area contributed by atoms with Gasteiger partial charge in [-0.05, 0) is 47.7 Å². The number of benzene rings is 3. The van der Waals surface area contributed by atoms with Crippen LogP contribution < -0.4 is 4.74 Å². The number of ether oxygens (including phenoxy) is 1. The summed E-state index contributed by atoms with van der Waals surface area (Å²) in [5.41, 5.74) is 3.17. The van der Waals surface area contributed by atoms with Gasteiger partial charge in [0, 0.05) is 0 Å². The molecule has 0 aliphatic carbocycles. The first kappa shape index (κ1) is 16.4. The molecule has 0 radical (unpaired) electrons. The second-order valence-corrected chi connectivity index (χ2v) is 4.81. The van der Waals surface area contributed by atoms with Crippen LogP contribution in [0.3, 0.4) is 0 Å². The van der Waals surface area contributed by atoms with Gasteiger partial charge in [-0.2, -0.15) is 0 Å². The lowest BCUT2D eigenvalue weighted by molar-refractivity contribution is 0.306. The average molecular weight is 307 g/mol. The Labute approximate surface area is 135 Å². The van der Waals surface area contributed by atoms with Gasteiger partial charge in [-0.3, -0.25) is 0 Å². The SMILES string of the molecule is C=N.Fc1ccc(-c2ccc(OCc3ccccc3)cc2)cc1. The second-order valence-electron chi connectivity index (χ2n) is 4.81. The molecule has 0 aliphatic rings. The third-order valence-corrected chi connectivity index (χ3v) is 3.28. The molecule has 0 aromatic heterocycles. The van der Waals surface area contributed by atoms with Crippen LogP contribution >= 0.6 is 0 Å². The molecule has 23 heavy (non-hydrogen) atoms. The number of halogens is 1. The predicted octanol–water partition coefficient (Wildman–Crippen LogP) is 5.34. The van der Waals surface area contributed by atoms with E-state index in [1.807, 2.05) is 54.6 Å². The van der Waals surface area contributed by atoms with E-state index in [2.05, 4.69) is 6.72 Å². The minimum atomic E-state index is -0.221. The van der Waals surface area contributed by atoms with Gasteiger partial charge in [0.05, 0.1) is 0 Å². The van der Waals surface area contributed by atoms with E-state index >= 15 is 0 Å². The molecule has 0 saturated carbocycles. The molecule has 0 atom stereocenters. The highest BCUT2D eigenvalue weighted by atomic mass is 19.1. The molecular weight excluding hydrogens is 289 g/mol. The van der Waals surface area contributed by atoms with Crippen LogP contribution in [0.25, 0.3) is 11.1 Å². The predicted molar refractivity (Wildman–Crippen MR) is 92.5 cm³/mol. The molecule has 3 heteroatoms. The summed E-state index contributed by atoms with van der Waals surface area (Å²) in [5.74, 6) is 0.603. The van der Waals surface area contributed by atoms with Crippen LogP contribution in [0.4, 0.5) is 4.39 Å². The second kappa shape index (κ2) is 8.49. The summed E-state index contributed by atoms with van der Waals surface area (Å²) >= 11 is 0. The van der Waals surface area contributed by atoms with E-state index in [-0.39, 0.29) is 5.82 Å². The highest BCUT2D eigenvalue weighted by molar-refractivity contribution is 5.63. The molecule has 1 N–H and O–H groups in total. The van der Waals surface area contributed by atoms with Crippen molar-refractivity contribution in [2.75, 3.05) is 0 Å². The van der Waals surface area contributed by atoms with Gasteiger partial charge in [0.15, 0.2) is 0 Å². The topological polar surface area (TPSA) is 33.1 Å². The molecule has 2 nitrogen and oxygen atoms in total. The van der Waals surface area contributed by atoms with Crippen LogP contribution in [-0.4, -0.2) is 6.72 Å². The van der Waals surface area contributed by atoms with Gasteiger partial charge in [0.25, 0.3) is 0 Å². The molecule has 0 unspecified atom stereocenters. The van der Waals surface area contributed by atoms with Crippen molar-refractivity contribution >= 4 is 6.72 Å². The first-order valence-electron chi connectivity index (χ1n) is 7.19. The van der Waals surface area contributed by atoms with Crippen LogP contribution in [0, 0.1) is 11.2 Å². The van der Waals surface area contributed by atoms with Crippen molar-refractivity contribution in [2.45, 2.75) is 6.61 Å². The van der Waals surface area contributed by atoms with Crippen molar-refractivity contribution in [3.63, 3.8) is 0 Å². The lowest BCUT2D eigenvalue weighted by atomic mass is 10.1. The average Bonchev–Trinajstić information content (AvgIpc) is 2.64. The molecule has 3 aromatic rings. The van der Waals surface area contributed by atoms with Gasteiger partial charge in [-0.25, -0.2) is 4.39 Å². The molecule has 0 heterocycles. The molecule has 0 fully saturated rings. The third kappa shape index (κ3) is 4.78. The Morgan fingerprint density at radius 3 is 1.83 bits per heavy atom. The van der Waals surface area contributed by atoms with Gasteiger partial charge >= 0.3 is 0 Å². The zero-order valence-corrected chi connectivity index (χ0v) is 12.7. The quantitative estimate of drug-likeness (QED) is 0.649. The lowest BCUT2D eigenvalue weighted by Crippen LogP contribution is -1.94. The highest BCUT2D eigenvalue weighted by Gasteiger charge is 2.00. The largest absolute Gasteiger partial charge is 0.489 e. The van der Waals surface area contributed by atoms with Crippen molar-refractivity contribution in [1.82, 2.24) is 0 Å². The smallest absolute Gasteiger partial charge is 0.123 e. The van der Waals surface area contributed by atoms with E-state index in [9.17, 15) is 4.39 Å². The maximum atomic E-state index is 12.9. The Hall–Kier alpha value is -2.94. The van der Waals surface area contributed by atoms with Gasteiger partial charge in [-0.1, -0.05) is 54.6 Å². The zero-order valence-electron chi connectivity index (χ0n) is 12.7. The number of hydrogen-bond donors (Lipinski definition) is 1. The molecule has 3 rings (SSSR count). The number of rotatable bonds is 4. The number of hydrogen-bond acceptors (Lipinski definition) is 2. The highest BCUT2D eigenvalue weighted by Crippen LogP contribution is 2.23. The maximum Gasteiger partial charge on any atom is 0.123 e. The molecule has 0 bridgehead atoms. The zero-order chi connectivity index (χ0) is 16.5. The van der Waals surface area contributed by atoms with Crippen LogP contribution in [0.1, 0.15) is 5.56 Å². The summed E-state index contributed by atoms with van der Waals surface area (Å²) in [5, 5.41) is 5.50. The van der Waals surface area contributed by atoms with Crippen LogP contribution in [-0.2, 0) is 6.61 Å². The summed E-state index contributed by atoms with van der Waals surface area (Å²) in [6.45, 7) is 3.05. The van der Waals surface area contributed by atoms with E-state index in [1.54, 1.807) is 12.1 Å². The minimum Gasteiger partial charge on any atom is -0.489 e. The molecule has 0 aliphatic heterocycles. The normalized spacial score (nSPS) is 9.61. The lowest BCUT2D eigenvalue weighted by Gasteiger charge is -2.07. The summed E-state index contributed by atoms with van der Waals surface area (Å²) in [6, 6.07) is 24.4. The summed E-state index contributed by atoms with van der Waals surface area (Å²) in [4.78, 5) is 0. The number of nitrogens with one attached hydrogen (secondary N) is 1. The summed E-state index contributed by atoms with van der Waals surface area (Å²) in [6.07, 6.45) is 0. The van der Waals surface area contributed by atoms with Crippen LogP contribution in [0.5, 0.6) is 5.75 Å². The Morgan fingerprint density at radius 1 is 0.739 bits per heavy atom. The van der Waals surface area contributed by atoms with Crippen molar-refractivity contribution in [1.29, 1.82) is 5.41 Å². The van der Waals surface area contributed by atoms with E-state index in [4.69, 9.17) is 10.1 Å². The van der Waals surface area contributed by atoms with Crippen molar-refractivity contribution < 1.29 is 9.13 Å². The first-order chi connectivity index (χ1) is 11.3. The monoisotopic (exact) mass is 307 g/mol. The summed E-state index contributed by atoms with van der Waals surface area (Å²) < 4.78 is 18.7. The minimum absolute atomic E-state index is 0.221.